The van der Waals surface area contributed by atoms with Crippen LogP contribution >= 0.6 is 58.4 Å². The van der Waals surface area contributed by atoms with E-state index in [9.17, 15) is 9.59 Å². The van der Waals surface area contributed by atoms with Gasteiger partial charge in [-0.25, -0.2) is 0 Å². The van der Waals surface area contributed by atoms with Crippen molar-refractivity contribution in [1.82, 2.24) is 9.06 Å². The third-order valence-corrected chi connectivity index (χ3v) is 4.58. The number of amides is 1. The fraction of sp³-hybridized carbons (Fsp3) is 0.125. The summed E-state index contributed by atoms with van der Waals surface area (Å²) in [6, 6.07) is 11.4. The van der Waals surface area contributed by atoms with Gasteiger partial charge in [0.05, 0.1) is 6.54 Å². The average molecular weight is 441 g/mol. The van der Waals surface area contributed by atoms with Crippen LogP contribution in [0.5, 0.6) is 0 Å². The third kappa shape index (κ3) is 5.23. The first-order chi connectivity index (χ1) is 11.8. The summed E-state index contributed by atoms with van der Waals surface area (Å²) in [6.07, 6.45) is 0. The quantitative estimate of drug-likeness (QED) is 0.264. The predicted octanol–water partition coefficient (Wildman–Crippen LogP) is 5.32. The van der Waals surface area contributed by atoms with E-state index in [1.54, 1.807) is 24.3 Å². The SMILES string of the molecule is O=C(c1cc(Cl)cc(Cl)c1)c1ccccc1CN(Cl)N(Cl)C(=O)CCl. The van der Waals surface area contributed by atoms with Crippen molar-refractivity contribution < 1.29 is 9.59 Å². The number of carbonyl (C=O) groups is 2. The number of benzene rings is 2. The zero-order chi connectivity index (χ0) is 18.6. The minimum Gasteiger partial charge on any atom is -0.289 e. The molecule has 2 rings (SSSR count). The van der Waals surface area contributed by atoms with Crippen LogP contribution in [0, 0.1) is 0 Å². The van der Waals surface area contributed by atoms with Crippen LogP contribution in [0.3, 0.4) is 0 Å². The fourth-order valence-electron chi connectivity index (χ4n) is 2.09. The van der Waals surface area contributed by atoms with Crippen LogP contribution in [0.25, 0.3) is 0 Å². The van der Waals surface area contributed by atoms with Crippen LogP contribution in [0.2, 0.25) is 10.0 Å². The molecular weight excluding hydrogens is 429 g/mol. The molecule has 2 aromatic carbocycles. The maximum Gasteiger partial charge on any atom is 0.267 e. The highest BCUT2D eigenvalue weighted by Gasteiger charge is 2.21. The Morgan fingerprint density at radius 2 is 1.56 bits per heavy atom. The van der Waals surface area contributed by atoms with Gasteiger partial charge in [-0.2, -0.15) is 4.53 Å². The molecule has 0 bridgehead atoms. The molecule has 0 N–H and O–H groups in total. The number of hydrogen-bond donors (Lipinski definition) is 0. The second-order valence-corrected chi connectivity index (χ2v) is 6.78. The lowest BCUT2D eigenvalue weighted by molar-refractivity contribution is -0.130. The molecule has 4 nitrogen and oxygen atoms in total. The first kappa shape index (κ1) is 20.3. The molecule has 0 saturated carbocycles. The second kappa shape index (κ2) is 9.08. The number of nitrogens with zero attached hydrogens (tertiary/aromatic N) is 2. The van der Waals surface area contributed by atoms with Crippen molar-refractivity contribution >= 4 is 70.0 Å². The summed E-state index contributed by atoms with van der Waals surface area (Å²) in [5.74, 6) is -1.20. The van der Waals surface area contributed by atoms with E-state index in [-0.39, 0.29) is 18.2 Å². The van der Waals surface area contributed by atoms with E-state index in [0.29, 0.717) is 31.3 Å². The van der Waals surface area contributed by atoms with Crippen molar-refractivity contribution in [2.45, 2.75) is 6.54 Å². The Hall–Kier alpha value is -1.01. The summed E-state index contributed by atoms with van der Waals surface area (Å²) >= 11 is 29.2. The summed E-state index contributed by atoms with van der Waals surface area (Å²) in [5, 5.41) is 0.707. The van der Waals surface area contributed by atoms with Gasteiger partial charge in [-0.15, -0.1) is 16.1 Å². The van der Waals surface area contributed by atoms with Gasteiger partial charge in [0.2, 0.25) is 0 Å². The zero-order valence-electron chi connectivity index (χ0n) is 12.6. The molecule has 25 heavy (non-hydrogen) atoms. The summed E-state index contributed by atoms with van der Waals surface area (Å²) < 4.78 is 1.59. The normalized spacial score (nSPS) is 10.8. The van der Waals surface area contributed by atoms with Gasteiger partial charge in [-0.1, -0.05) is 47.5 Å². The van der Waals surface area contributed by atoms with Crippen LogP contribution < -0.4 is 0 Å². The molecule has 9 heteroatoms. The Morgan fingerprint density at radius 1 is 0.960 bits per heavy atom. The number of hydrogen-bond acceptors (Lipinski definition) is 3. The average Bonchev–Trinajstić information content (AvgIpc) is 2.59. The standard InChI is InChI=1S/C16H11Cl5N2O2/c17-8-15(24)23(21)22(20)9-10-3-1-2-4-14(10)16(25)11-5-12(18)7-13(19)6-11/h1-7H,8-9H2. The topological polar surface area (TPSA) is 40.6 Å². The number of ketones is 1. The monoisotopic (exact) mass is 438 g/mol. The highest BCUT2D eigenvalue weighted by Crippen LogP contribution is 2.24. The van der Waals surface area contributed by atoms with E-state index >= 15 is 0 Å². The van der Waals surface area contributed by atoms with Crippen LogP contribution in [0.15, 0.2) is 42.5 Å². The van der Waals surface area contributed by atoms with E-state index < -0.39 is 5.91 Å². The van der Waals surface area contributed by atoms with Gasteiger partial charge in [0.15, 0.2) is 5.78 Å². The lowest BCUT2D eigenvalue weighted by atomic mass is 9.98. The molecule has 0 aliphatic heterocycles. The lowest BCUT2D eigenvalue weighted by Gasteiger charge is -2.22. The van der Waals surface area contributed by atoms with E-state index in [1.807, 2.05) is 0 Å². The Balaban J connectivity index is 2.31. The van der Waals surface area contributed by atoms with E-state index in [1.165, 1.54) is 18.2 Å². The van der Waals surface area contributed by atoms with Gasteiger partial charge in [-0.3, -0.25) is 9.59 Å². The minimum absolute atomic E-state index is 0.00386. The molecule has 0 fully saturated rings. The lowest BCUT2D eigenvalue weighted by Crippen LogP contribution is -2.34. The smallest absolute Gasteiger partial charge is 0.267 e. The molecule has 0 heterocycles. The Labute approximate surface area is 170 Å². The molecule has 0 aliphatic rings. The molecule has 1 amide bonds. The van der Waals surface area contributed by atoms with E-state index in [4.69, 9.17) is 58.4 Å². The third-order valence-electron chi connectivity index (χ3n) is 3.20. The van der Waals surface area contributed by atoms with Crippen LogP contribution in [-0.2, 0) is 11.3 Å². The highest BCUT2D eigenvalue weighted by atomic mass is 35.5. The molecule has 0 atom stereocenters. The highest BCUT2D eigenvalue weighted by molar-refractivity contribution is 6.35. The molecule has 132 valence electrons. The number of halogens is 5. The van der Waals surface area contributed by atoms with Gasteiger partial charge in [0, 0.05) is 44.7 Å². The largest absolute Gasteiger partial charge is 0.289 e. The molecule has 0 aromatic heterocycles. The zero-order valence-corrected chi connectivity index (χ0v) is 16.3. The van der Waals surface area contributed by atoms with Crippen molar-refractivity contribution in [3.8, 4) is 0 Å². The van der Waals surface area contributed by atoms with Crippen LogP contribution in [0.1, 0.15) is 21.5 Å². The van der Waals surface area contributed by atoms with Gasteiger partial charge in [-0.05, 0) is 23.8 Å². The molecule has 0 spiro atoms. The number of rotatable bonds is 6. The Bertz CT molecular complexity index is 780. The van der Waals surface area contributed by atoms with Gasteiger partial charge >= 0.3 is 0 Å². The predicted molar refractivity (Wildman–Crippen MR) is 101 cm³/mol. The first-order valence-electron chi connectivity index (χ1n) is 6.90. The van der Waals surface area contributed by atoms with Gasteiger partial charge in [0.25, 0.3) is 5.91 Å². The van der Waals surface area contributed by atoms with Gasteiger partial charge in [0.1, 0.15) is 5.88 Å². The molecular formula is C16H11Cl5N2O2. The van der Waals surface area contributed by atoms with E-state index in [0.717, 1.165) is 4.53 Å². The maximum absolute atomic E-state index is 12.8. The molecule has 0 radical (unpaired) electrons. The molecule has 2 aromatic rings. The van der Waals surface area contributed by atoms with Gasteiger partial charge < -0.3 is 0 Å². The minimum atomic E-state index is -0.594. The summed E-state index contributed by atoms with van der Waals surface area (Å²) in [4.78, 5) is 24.3. The maximum atomic E-state index is 12.8. The molecule has 0 aliphatic carbocycles. The number of carbonyl (C=O) groups excluding carboxylic acids is 2. The molecule has 0 unspecified atom stereocenters. The van der Waals surface area contributed by atoms with Crippen molar-refractivity contribution in [2.75, 3.05) is 5.88 Å². The van der Waals surface area contributed by atoms with Crippen molar-refractivity contribution in [2.24, 2.45) is 0 Å². The molecule has 0 saturated heterocycles. The summed E-state index contributed by atoms with van der Waals surface area (Å²) in [7, 11) is 0. The Morgan fingerprint density at radius 3 is 2.16 bits per heavy atom. The Kier molecular flexibility index (Phi) is 7.37. The van der Waals surface area contributed by atoms with Crippen molar-refractivity contribution in [3.63, 3.8) is 0 Å². The van der Waals surface area contributed by atoms with Crippen molar-refractivity contribution in [1.29, 1.82) is 0 Å². The van der Waals surface area contributed by atoms with E-state index in [2.05, 4.69) is 0 Å². The van der Waals surface area contributed by atoms with Crippen molar-refractivity contribution in [3.05, 3.63) is 69.2 Å². The number of hydrazine groups is 1. The summed E-state index contributed by atoms with van der Waals surface area (Å²) in [5.41, 5.74) is 1.28. The number of alkyl halides is 1. The first-order valence-corrected chi connectivity index (χ1v) is 8.86. The van der Waals surface area contributed by atoms with Crippen LogP contribution in [-0.4, -0.2) is 26.6 Å². The van der Waals surface area contributed by atoms with Crippen LogP contribution in [0.4, 0.5) is 0 Å². The fourth-order valence-corrected chi connectivity index (χ4v) is 3.12. The second-order valence-electron chi connectivity index (χ2n) is 4.93. The summed E-state index contributed by atoms with van der Waals surface area (Å²) in [6.45, 7) is 0.00386.